The summed E-state index contributed by atoms with van der Waals surface area (Å²) in [6, 6.07) is 158. The van der Waals surface area contributed by atoms with Gasteiger partial charge in [0.1, 0.15) is 0 Å². The van der Waals surface area contributed by atoms with Crippen LogP contribution in [0.4, 0.5) is 0 Å². The predicted octanol–water partition coefficient (Wildman–Crippen LogP) is 29.7. The summed E-state index contributed by atoms with van der Waals surface area (Å²) in [5, 5.41) is 7.19. The van der Waals surface area contributed by atoms with Gasteiger partial charge in [-0.25, -0.2) is 29.9 Å². The molecule has 0 atom stereocenters. The maximum atomic E-state index is 5.22. The Morgan fingerprint density at radius 3 is 0.872 bits per heavy atom. The molecule has 5 aromatic heterocycles. The minimum absolute atomic E-state index is 0.619. The minimum Gasteiger partial charge on any atom is -0.309 e. The van der Waals surface area contributed by atoms with Crippen LogP contribution in [0.15, 0.2) is 453 Å². The molecule has 0 N–H and O–H groups in total. The van der Waals surface area contributed by atoms with Crippen molar-refractivity contribution in [2.45, 2.75) is 6.42 Å². The van der Waals surface area contributed by atoms with E-state index in [1.54, 1.807) is 0 Å². The lowest BCUT2D eigenvalue weighted by Crippen LogP contribution is -2.02. The molecule has 125 heavy (non-hydrogen) atoms. The first-order chi connectivity index (χ1) is 61.9. The van der Waals surface area contributed by atoms with Gasteiger partial charge in [0, 0.05) is 99.2 Å². The fourth-order valence-corrected chi connectivity index (χ4v) is 18.4. The van der Waals surface area contributed by atoms with Gasteiger partial charge in [-0.2, -0.15) is 0 Å². The van der Waals surface area contributed by atoms with Gasteiger partial charge in [-0.3, -0.25) is 0 Å². The van der Waals surface area contributed by atoms with Crippen molar-refractivity contribution in [3.05, 3.63) is 465 Å². The number of para-hydroxylation sites is 5. The highest BCUT2D eigenvalue weighted by molar-refractivity contribution is 9.10. The van der Waals surface area contributed by atoms with E-state index < -0.39 is 0 Å². The number of aromatic nitrogens is 9. The van der Waals surface area contributed by atoms with Crippen molar-refractivity contribution in [1.82, 2.24) is 43.6 Å². The standard InChI is InChI=1S/C57H37N5.C52H34N4.C6H5Br/c1-6-18-38(19-7-1)41-33-35-51-50(36-41)46-34-32-42(37-52(46)61(51)43-24-12-4-13-25-43)45-28-16-29-47-48-30-17-31-49(54(48)62(53(45)47)44-26-14-5-15-27-44)57-59-55(39-20-8-2-9-21-39)58-56(60-57)40-22-10-3-11-23-40;1-5-15-34(16-6-1)37-28-30-48-47(31-37)43-29-27-38(32-49(43)56(48)39-21-11-4-12-22-39)40-23-13-24-41-42-25-14-26-44(46(42)33-45(40)41)52-54-50(35-17-7-2-8-18-35)53-51(55-52)36-19-9-3-10-20-36;7-6-4-2-1-3-5-6/h1-37H;1-32H,33H2;1-5H. The third-order valence-corrected chi connectivity index (χ3v) is 24.4. The SMILES string of the molecule is Brc1ccccc1.c1ccc(-c2ccc3c(c2)c2ccc(-c4cccc5c4Cc4c(-c6nc(-c7ccccc7)nc(-c7ccccc7)n6)cccc4-5)cc2n3-c2ccccc2)cc1.c1ccc(-c2ccc3c(c2)c2ccc(-c4cccc5c6cccc(-c7nc(-c8ccccc8)nc(-c8ccccc8)n7)c6n(-c6ccccc6)c45)cc2n3-c2ccccc2)cc1. The predicted molar refractivity (Wildman–Crippen MR) is 519 cm³/mol. The molecule has 10 heteroatoms. The highest BCUT2D eigenvalue weighted by Gasteiger charge is 2.29. The summed E-state index contributed by atoms with van der Waals surface area (Å²) in [4.78, 5) is 30.6. The van der Waals surface area contributed by atoms with Gasteiger partial charge in [-0.15, -0.1) is 0 Å². The van der Waals surface area contributed by atoms with Crippen LogP contribution in [0.2, 0.25) is 0 Å². The number of hydrogen-bond donors (Lipinski definition) is 0. The molecule has 0 spiro atoms. The molecule has 0 fully saturated rings. The Labute approximate surface area is 731 Å². The zero-order valence-corrected chi connectivity index (χ0v) is 69.4. The third-order valence-electron chi connectivity index (χ3n) is 23.8. The first-order valence-electron chi connectivity index (χ1n) is 42.1. The van der Waals surface area contributed by atoms with E-state index in [1.807, 2.05) is 103 Å². The van der Waals surface area contributed by atoms with E-state index >= 15 is 0 Å². The molecule has 0 radical (unpaired) electrons. The van der Waals surface area contributed by atoms with E-state index in [2.05, 4.69) is 375 Å². The summed E-state index contributed by atoms with van der Waals surface area (Å²) < 4.78 is 8.36. The second kappa shape index (κ2) is 32.8. The van der Waals surface area contributed by atoms with Crippen LogP contribution < -0.4 is 0 Å². The summed E-state index contributed by atoms with van der Waals surface area (Å²) in [5.41, 5.74) is 30.6. The Balaban J connectivity index is 0.000000138. The van der Waals surface area contributed by atoms with Crippen LogP contribution in [-0.2, 0) is 6.42 Å². The van der Waals surface area contributed by atoms with E-state index in [-0.39, 0.29) is 0 Å². The second-order valence-corrected chi connectivity index (χ2v) is 32.2. The topological polar surface area (TPSA) is 92.1 Å². The van der Waals surface area contributed by atoms with Crippen molar-refractivity contribution in [3.63, 3.8) is 0 Å². The summed E-state index contributed by atoms with van der Waals surface area (Å²) in [7, 11) is 0. The number of hydrogen-bond acceptors (Lipinski definition) is 6. The van der Waals surface area contributed by atoms with Crippen molar-refractivity contribution in [2.75, 3.05) is 0 Å². The molecule has 0 aliphatic heterocycles. The van der Waals surface area contributed by atoms with Crippen molar-refractivity contribution in [3.8, 4) is 141 Å². The molecule has 0 bridgehead atoms. The van der Waals surface area contributed by atoms with Crippen LogP contribution in [0.1, 0.15) is 11.1 Å². The van der Waals surface area contributed by atoms with Gasteiger partial charge in [0.2, 0.25) is 0 Å². The second-order valence-electron chi connectivity index (χ2n) is 31.3. The van der Waals surface area contributed by atoms with Gasteiger partial charge >= 0.3 is 0 Å². The molecule has 588 valence electrons. The highest BCUT2D eigenvalue weighted by Crippen LogP contribution is 2.49. The molecule has 0 saturated carbocycles. The molecule has 0 saturated heterocycles. The van der Waals surface area contributed by atoms with E-state index in [9.17, 15) is 0 Å². The largest absolute Gasteiger partial charge is 0.309 e. The molecule has 9 nitrogen and oxygen atoms in total. The Kier molecular flexibility index (Phi) is 19.7. The van der Waals surface area contributed by atoms with Gasteiger partial charge in [-0.05, 0) is 152 Å². The van der Waals surface area contributed by atoms with Gasteiger partial charge < -0.3 is 13.7 Å². The van der Waals surface area contributed by atoms with E-state index in [1.165, 1.54) is 93.7 Å². The molecule has 18 aromatic carbocycles. The Morgan fingerprint density at radius 2 is 0.472 bits per heavy atom. The van der Waals surface area contributed by atoms with Crippen molar-refractivity contribution in [1.29, 1.82) is 0 Å². The van der Waals surface area contributed by atoms with Crippen LogP contribution >= 0.6 is 15.9 Å². The number of nitrogens with zero attached hydrogens (tertiary/aromatic N) is 9. The molecular formula is C115H76BrN9. The number of benzene rings is 18. The lowest BCUT2D eigenvalue weighted by molar-refractivity contribution is 1.07. The van der Waals surface area contributed by atoms with Crippen molar-refractivity contribution < 1.29 is 0 Å². The lowest BCUT2D eigenvalue weighted by Gasteiger charge is -2.14. The normalized spacial score (nSPS) is 11.5. The lowest BCUT2D eigenvalue weighted by atomic mass is 9.95. The first kappa shape index (κ1) is 75.1. The van der Waals surface area contributed by atoms with Gasteiger partial charge in [0.15, 0.2) is 34.9 Å². The van der Waals surface area contributed by atoms with E-state index in [4.69, 9.17) is 29.9 Å². The molecule has 24 rings (SSSR count). The average molecular weight is 1660 g/mol. The van der Waals surface area contributed by atoms with Crippen LogP contribution in [-0.4, -0.2) is 43.6 Å². The summed E-state index contributed by atoms with van der Waals surface area (Å²) >= 11 is 3.31. The van der Waals surface area contributed by atoms with Crippen LogP contribution in [0.5, 0.6) is 0 Å². The molecule has 1 aliphatic carbocycles. The number of rotatable bonds is 13. The zero-order valence-electron chi connectivity index (χ0n) is 67.8. The summed E-state index contributed by atoms with van der Waals surface area (Å²) in [5.74, 6) is 3.91. The van der Waals surface area contributed by atoms with Crippen molar-refractivity contribution >= 4 is 81.3 Å². The number of fused-ring (bicyclic) bond motifs is 12. The highest BCUT2D eigenvalue weighted by atomic mass is 79.9. The van der Waals surface area contributed by atoms with Crippen LogP contribution in [0.25, 0.3) is 206 Å². The van der Waals surface area contributed by atoms with Crippen molar-refractivity contribution in [2.24, 2.45) is 0 Å². The molecule has 23 aromatic rings. The Bertz CT molecular complexity index is 7830. The molecule has 0 amide bonds. The van der Waals surface area contributed by atoms with Crippen LogP contribution in [0.3, 0.4) is 0 Å². The van der Waals surface area contributed by atoms with Gasteiger partial charge in [-0.1, -0.05) is 374 Å². The Hall–Kier alpha value is -16.1. The van der Waals surface area contributed by atoms with Gasteiger partial charge in [0.25, 0.3) is 0 Å². The third kappa shape index (κ3) is 14.2. The molecule has 1 aliphatic rings. The molecule has 0 unspecified atom stereocenters. The maximum Gasteiger partial charge on any atom is 0.166 e. The number of halogens is 1. The Morgan fingerprint density at radius 1 is 0.176 bits per heavy atom. The first-order valence-corrected chi connectivity index (χ1v) is 42.9. The smallest absolute Gasteiger partial charge is 0.166 e. The molecule has 5 heterocycles. The van der Waals surface area contributed by atoms with Gasteiger partial charge in [0.05, 0.1) is 33.1 Å². The maximum absolute atomic E-state index is 5.22. The summed E-state index contributed by atoms with van der Waals surface area (Å²) in [6.07, 6.45) is 0.782. The quantitative estimate of drug-likeness (QED) is 0.114. The average Bonchev–Trinajstić information content (AvgIpc) is 1.57. The molecular weight excluding hydrogens is 1590 g/mol. The van der Waals surface area contributed by atoms with E-state index in [0.717, 1.165) is 99.8 Å². The fourth-order valence-electron chi connectivity index (χ4n) is 18.1. The van der Waals surface area contributed by atoms with E-state index in [0.29, 0.717) is 34.9 Å². The van der Waals surface area contributed by atoms with Crippen LogP contribution in [0, 0.1) is 0 Å². The monoisotopic (exact) mass is 1660 g/mol. The fraction of sp³-hybridized carbons (Fsp3) is 0.00870. The summed E-state index contributed by atoms with van der Waals surface area (Å²) in [6.45, 7) is 0. The zero-order chi connectivity index (χ0) is 83.1. The minimum atomic E-state index is 0.619.